The fraction of sp³-hybridized carbons (Fsp3) is 0.200. The van der Waals surface area contributed by atoms with Crippen LogP contribution in [-0.4, -0.2) is 22.2 Å². The van der Waals surface area contributed by atoms with Gasteiger partial charge in [0, 0.05) is 22.5 Å². The van der Waals surface area contributed by atoms with Crippen LogP contribution in [0.15, 0.2) is 35.1 Å². The van der Waals surface area contributed by atoms with E-state index in [9.17, 15) is 9.59 Å². The summed E-state index contributed by atoms with van der Waals surface area (Å²) in [5, 5.41) is 9.39. The Balaban J connectivity index is 2.48. The number of aliphatic carboxylic acids is 1. The third-order valence-corrected chi connectivity index (χ3v) is 2.62. The molecule has 5 nitrogen and oxygen atoms in total. The summed E-state index contributed by atoms with van der Waals surface area (Å²) in [7, 11) is 0. The van der Waals surface area contributed by atoms with Crippen molar-refractivity contribution in [1.29, 1.82) is 0 Å². The second kappa shape index (κ2) is 5.61. The Labute approximate surface area is 115 Å². The van der Waals surface area contributed by atoms with Crippen molar-refractivity contribution in [2.24, 2.45) is 0 Å². The van der Waals surface area contributed by atoms with Crippen LogP contribution in [0.25, 0.3) is 17.0 Å². The van der Waals surface area contributed by atoms with Gasteiger partial charge in [0.15, 0.2) is 0 Å². The van der Waals surface area contributed by atoms with Crippen LogP contribution in [0.3, 0.4) is 0 Å². The molecule has 0 atom stereocenters. The minimum atomic E-state index is -1.10. The van der Waals surface area contributed by atoms with Crippen LogP contribution in [0, 0.1) is 0 Å². The smallest absolute Gasteiger partial charge is 0.328 e. The van der Waals surface area contributed by atoms with Gasteiger partial charge in [-0.1, -0.05) is 0 Å². The molecule has 0 bridgehead atoms. The summed E-state index contributed by atoms with van der Waals surface area (Å²) in [4.78, 5) is 25.0. The summed E-state index contributed by atoms with van der Waals surface area (Å²) in [5.74, 6) is -0.394. The number of hydrogen-bond acceptors (Lipinski definition) is 3. The van der Waals surface area contributed by atoms with Gasteiger partial charge in [0.25, 0.3) is 5.56 Å². The molecule has 0 aliphatic carbocycles. The van der Waals surface area contributed by atoms with E-state index in [4.69, 9.17) is 9.84 Å². The molecule has 0 aliphatic heterocycles. The van der Waals surface area contributed by atoms with E-state index in [2.05, 4.69) is 4.98 Å². The second-order valence-electron chi connectivity index (χ2n) is 4.64. The molecule has 104 valence electrons. The molecule has 2 rings (SSSR count). The zero-order chi connectivity index (χ0) is 14.7. The molecule has 2 aromatic rings. The van der Waals surface area contributed by atoms with Crippen LogP contribution < -0.4 is 10.3 Å². The Morgan fingerprint density at radius 3 is 2.75 bits per heavy atom. The van der Waals surface area contributed by atoms with Gasteiger partial charge in [0.2, 0.25) is 0 Å². The van der Waals surface area contributed by atoms with Crippen LogP contribution in [0.1, 0.15) is 19.4 Å². The third-order valence-electron chi connectivity index (χ3n) is 2.62. The maximum atomic E-state index is 11.8. The first-order valence-corrected chi connectivity index (χ1v) is 6.20. The predicted octanol–water partition coefficient (Wildman–Crippen LogP) is 2.41. The van der Waals surface area contributed by atoms with Gasteiger partial charge in [-0.05, 0) is 44.2 Å². The van der Waals surface area contributed by atoms with E-state index >= 15 is 0 Å². The second-order valence-corrected chi connectivity index (χ2v) is 4.64. The van der Waals surface area contributed by atoms with E-state index in [0.717, 1.165) is 11.5 Å². The Hall–Kier alpha value is -2.56. The zero-order valence-electron chi connectivity index (χ0n) is 11.2. The normalized spacial score (nSPS) is 11.3. The third kappa shape index (κ3) is 3.26. The number of carboxylic acid groups (broad SMARTS) is 1. The van der Waals surface area contributed by atoms with E-state index in [1.54, 1.807) is 18.2 Å². The largest absolute Gasteiger partial charge is 0.491 e. The first-order valence-electron chi connectivity index (χ1n) is 6.20. The highest BCUT2D eigenvalue weighted by molar-refractivity contribution is 5.87. The maximum Gasteiger partial charge on any atom is 0.328 e. The lowest BCUT2D eigenvalue weighted by molar-refractivity contribution is -0.131. The van der Waals surface area contributed by atoms with Crippen molar-refractivity contribution in [3.63, 3.8) is 0 Å². The zero-order valence-corrected chi connectivity index (χ0v) is 11.2. The number of hydrogen-bond donors (Lipinski definition) is 2. The average molecular weight is 273 g/mol. The van der Waals surface area contributed by atoms with E-state index in [0.29, 0.717) is 16.8 Å². The van der Waals surface area contributed by atoms with Gasteiger partial charge in [-0.3, -0.25) is 4.79 Å². The van der Waals surface area contributed by atoms with Gasteiger partial charge in [0.1, 0.15) is 5.75 Å². The molecule has 0 amide bonds. The van der Waals surface area contributed by atoms with Crippen LogP contribution >= 0.6 is 0 Å². The van der Waals surface area contributed by atoms with Gasteiger partial charge >= 0.3 is 5.97 Å². The topological polar surface area (TPSA) is 79.4 Å². The maximum absolute atomic E-state index is 11.8. The molecule has 0 radical (unpaired) electrons. The van der Waals surface area contributed by atoms with Crippen molar-refractivity contribution < 1.29 is 14.6 Å². The molecule has 0 fully saturated rings. The molecule has 5 heteroatoms. The number of ether oxygens (including phenoxy) is 1. The number of rotatable bonds is 4. The van der Waals surface area contributed by atoms with Crippen molar-refractivity contribution in [3.05, 3.63) is 46.3 Å². The minimum absolute atomic E-state index is 0.0570. The minimum Gasteiger partial charge on any atom is -0.491 e. The fourth-order valence-electron chi connectivity index (χ4n) is 1.83. The molecule has 0 aliphatic rings. The SMILES string of the molecule is CC(C)Oc1ccc2[nH]c(=O)c(C=CC(=O)O)cc2c1. The summed E-state index contributed by atoms with van der Waals surface area (Å²) in [5.41, 5.74) is 0.646. The number of carbonyl (C=O) groups is 1. The first-order chi connectivity index (χ1) is 9.45. The summed E-state index contributed by atoms with van der Waals surface area (Å²) >= 11 is 0. The summed E-state index contributed by atoms with van der Waals surface area (Å²) in [6, 6.07) is 6.99. The van der Waals surface area contributed by atoms with E-state index in [1.165, 1.54) is 6.08 Å². The molecular formula is C15H15NO4. The molecule has 1 heterocycles. The van der Waals surface area contributed by atoms with Gasteiger partial charge in [-0.25, -0.2) is 4.79 Å². The summed E-state index contributed by atoms with van der Waals surface area (Å²) < 4.78 is 5.59. The number of aromatic amines is 1. The molecule has 0 spiro atoms. The van der Waals surface area contributed by atoms with Crippen LogP contribution in [0.2, 0.25) is 0 Å². The number of carboxylic acids is 1. The lowest BCUT2D eigenvalue weighted by Gasteiger charge is -2.10. The van der Waals surface area contributed by atoms with Crippen LogP contribution in [0.5, 0.6) is 5.75 Å². The Bertz CT molecular complexity index is 728. The fourth-order valence-corrected chi connectivity index (χ4v) is 1.83. The highest BCUT2D eigenvalue weighted by Crippen LogP contribution is 2.20. The molecule has 20 heavy (non-hydrogen) atoms. The van der Waals surface area contributed by atoms with E-state index in [1.807, 2.05) is 19.9 Å². The molecule has 1 aromatic heterocycles. The molecule has 0 saturated carbocycles. The Kier molecular flexibility index (Phi) is 3.89. The van der Waals surface area contributed by atoms with Crippen LogP contribution in [-0.2, 0) is 4.79 Å². The van der Waals surface area contributed by atoms with Gasteiger partial charge in [0.05, 0.1) is 6.10 Å². The lowest BCUT2D eigenvalue weighted by atomic mass is 10.1. The van der Waals surface area contributed by atoms with Crippen molar-refractivity contribution in [2.45, 2.75) is 20.0 Å². The predicted molar refractivity (Wildman–Crippen MR) is 77.0 cm³/mol. The number of H-pyrrole nitrogens is 1. The Morgan fingerprint density at radius 1 is 1.35 bits per heavy atom. The average Bonchev–Trinajstić information content (AvgIpc) is 2.36. The van der Waals surface area contributed by atoms with E-state index in [-0.39, 0.29) is 11.7 Å². The number of benzene rings is 1. The van der Waals surface area contributed by atoms with Crippen molar-refractivity contribution in [2.75, 3.05) is 0 Å². The van der Waals surface area contributed by atoms with Crippen molar-refractivity contribution in [3.8, 4) is 5.75 Å². The van der Waals surface area contributed by atoms with Gasteiger partial charge in [-0.2, -0.15) is 0 Å². The molecule has 0 saturated heterocycles. The lowest BCUT2D eigenvalue weighted by Crippen LogP contribution is -2.09. The monoisotopic (exact) mass is 273 g/mol. The highest BCUT2D eigenvalue weighted by Gasteiger charge is 2.04. The standard InChI is InChI=1S/C15H15NO4/c1-9(2)20-12-4-5-13-11(8-12)7-10(15(19)16-13)3-6-14(17)18/h3-9H,1-2H3,(H,16,19)(H,17,18). The molecular weight excluding hydrogens is 258 g/mol. The van der Waals surface area contributed by atoms with Crippen LogP contribution in [0.4, 0.5) is 0 Å². The quantitative estimate of drug-likeness (QED) is 0.838. The Morgan fingerprint density at radius 2 is 2.10 bits per heavy atom. The van der Waals surface area contributed by atoms with Crippen molar-refractivity contribution >= 4 is 22.9 Å². The number of fused-ring (bicyclic) bond motifs is 1. The number of aromatic nitrogens is 1. The van der Waals surface area contributed by atoms with Gasteiger partial charge < -0.3 is 14.8 Å². The highest BCUT2D eigenvalue weighted by atomic mass is 16.5. The number of nitrogens with one attached hydrogen (secondary N) is 1. The molecule has 2 N–H and O–H groups in total. The summed E-state index contributed by atoms with van der Waals surface area (Å²) in [6.45, 7) is 3.86. The number of pyridine rings is 1. The first kappa shape index (κ1) is 13.9. The molecule has 1 aromatic carbocycles. The van der Waals surface area contributed by atoms with Gasteiger partial charge in [-0.15, -0.1) is 0 Å². The summed E-state index contributed by atoms with van der Waals surface area (Å²) in [6.07, 6.45) is 2.27. The van der Waals surface area contributed by atoms with E-state index < -0.39 is 5.97 Å². The molecule has 0 unspecified atom stereocenters. The van der Waals surface area contributed by atoms with Crippen molar-refractivity contribution in [1.82, 2.24) is 4.98 Å².